The van der Waals surface area contributed by atoms with Gasteiger partial charge in [0.2, 0.25) is 5.95 Å². The molecule has 3 aromatic rings. The van der Waals surface area contributed by atoms with E-state index in [-0.39, 0.29) is 5.56 Å². The normalized spacial score (nSPS) is 16.9. The average Bonchev–Trinajstić information content (AvgIpc) is 2.83. The first-order valence-electron chi connectivity index (χ1n) is 12.1. The van der Waals surface area contributed by atoms with Gasteiger partial charge in [0.15, 0.2) is 11.6 Å². The number of hydrogen-bond donors (Lipinski definition) is 2. The average molecular weight is 519 g/mol. The number of methoxy groups -OCH3 is 1. The SMILES string of the molecule is COc1c(Nc2ncc(C#N)c(Nc3cccc(N=S(C)(C)=O)n3)n2)cc2c3c1CN(C)CC3CCC2. The van der Waals surface area contributed by atoms with Crippen molar-refractivity contribution < 1.29 is 8.95 Å². The van der Waals surface area contributed by atoms with E-state index in [1.165, 1.54) is 35.7 Å². The van der Waals surface area contributed by atoms with E-state index in [1.54, 1.807) is 37.8 Å². The molecule has 1 aliphatic carbocycles. The molecule has 2 aromatic heterocycles. The molecule has 1 unspecified atom stereocenters. The first kappa shape index (κ1) is 24.9. The summed E-state index contributed by atoms with van der Waals surface area (Å²) >= 11 is 0. The monoisotopic (exact) mass is 518 g/mol. The number of likely N-dealkylation sites (N-methyl/N-ethyl adjacent to an activating group) is 1. The Hall–Kier alpha value is -3.75. The molecule has 192 valence electrons. The number of aromatic nitrogens is 3. The quantitative estimate of drug-likeness (QED) is 0.486. The van der Waals surface area contributed by atoms with Crippen LogP contribution in [0.25, 0.3) is 0 Å². The number of nitriles is 1. The zero-order valence-corrected chi connectivity index (χ0v) is 22.2. The second-order valence-electron chi connectivity index (χ2n) is 9.77. The summed E-state index contributed by atoms with van der Waals surface area (Å²) in [6, 6.07) is 9.42. The molecule has 0 saturated carbocycles. The van der Waals surface area contributed by atoms with Crippen molar-refractivity contribution in [1.29, 1.82) is 5.26 Å². The first-order valence-corrected chi connectivity index (χ1v) is 14.4. The van der Waals surface area contributed by atoms with Gasteiger partial charge < -0.3 is 20.3 Å². The molecule has 3 heterocycles. The minimum Gasteiger partial charge on any atom is -0.494 e. The lowest BCUT2D eigenvalue weighted by Gasteiger charge is -2.38. The molecule has 1 aliphatic heterocycles. The summed E-state index contributed by atoms with van der Waals surface area (Å²) in [5.41, 5.74) is 5.09. The maximum Gasteiger partial charge on any atom is 0.229 e. The fourth-order valence-electron chi connectivity index (χ4n) is 5.20. The second-order valence-corrected chi connectivity index (χ2v) is 12.3. The van der Waals surface area contributed by atoms with Crippen LogP contribution in [-0.2, 0) is 22.7 Å². The minimum absolute atomic E-state index is 0.265. The van der Waals surface area contributed by atoms with Crippen LogP contribution in [0.4, 0.5) is 29.1 Å². The van der Waals surface area contributed by atoms with Crippen LogP contribution in [0.2, 0.25) is 0 Å². The highest BCUT2D eigenvalue weighted by molar-refractivity contribution is 7.92. The van der Waals surface area contributed by atoms with Crippen LogP contribution in [0.1, 0.15) is 41.0 Å². The summed E-state index contributed by atoms with van der Waals surface area (Å²) in [7, 11) is 1.48. The molecule has 1 atom stereocenters. The fraction of sp³-hybridized carbons (Fsp3) is 0.385. The second kappa shape index (κ2) is 9.95. The molecule has 0 fully saturated rings. The molecular formula is C26H30N8O2S. The Morgan fingerprint density at radius 1 is 1.27 bits per heavy atom. The standard InChI is InChI=1S/C26H30N8O2S/c1-34-14-17-8-5-7-16-11-20(24(36-2)19(15-34)23(16)17)29-26-28-13-18(12-27)25(32-26)31-21-9-6-10-22(30-21)33-37(3,4)35/h6,9-11,13,17H,5,7-8,14-15H2,1-4H3,(H2,28,29,30,31,32). The Balaban J connectivity index is 1.49. The van der Waals surface area contributed by atoms with Gasteiger partial charge in [-0.05, 0) is 61.6 Å². The maximum atomic E-state index is 12.1. The van der Waals surface area contributed by atoms with Crippen LogP contribution in [0, 0.1) is 11.3 Å². The van der Waals surface area contributed by atoms with E-state index in [2.05, 4.69) is 54.0 Å². The number of rotatable bonds is 6. The maximum absolute atomic E-state index is 12.1. The molecule has 37 heavy (non-hydrogen) atoms. The molecule has 2 N–H and O–H groups in total. The topological polar surface area (TPSA) is 128 Å². The molecular weight excluding hydrogens is 488 g/mol. The number of anilines is 4. The molecule has 1 aromatic carbocycles. The summed E-state index contributed by atoms with van der Waals surface area (Å²) < 4.78 is 22.1. The zero-order chi connectivity index (χ0) is 26.2. The number of nitrogens with zero attached hydrogens (tertiary/aromatic N) is 6. The summed E-state index contributed by atoms with van der Waals surface area (Å²) in [5.74, 6) is 2.73. The number of ether oxygens (including phenoxy) is 1. The third-order valence-electron chi connectivity index (χ3n) is 6.53. The minimum atomic E-state index is -2.36. The van der Waals surface area contributed by atoms with Crippen LogP contribution in [0.3, 0.4) is 0 Å². The molecule has 0 spiro atoms. The molecule has 0 radical (unpaired) electrons. The van der Waals surface area contributed by atoms with E-state index in [9.17, 15) is 9.47 Å². The van der Waals surface area contributed by atoms with Crippen molar-refractivity contribution in [2.75, 3.05) is 43.8 Å². The Bertz CT molecular complexity index is 1520. The first-order chi connectivity index (χ1) is 17.7. The lowest BCUT2D eigenvalue weighted by Crippen LogP contribution is -2.33. The molecule has 5 rings (SSSR count). The number of pyridine rings is 1. The van der Waals surface area contributed by atoms with Gasteiger partial charge in [0.1, 0.15) is 23.2 Å². The highest BCUT2D eigenvalue weighted by Gasteiger charge is 2.32. The van der Waals surface area contributed by atoms with Gasteiger partial charge >= 0.3 is 0 Å². The highest BCUT2D eigenvalue weighted by atomic mass is 32.2. The van der Waals surface area contributed by atoms with Crippen molar-refractivity contribution in [2.24, 2.45) is 4.36 Å². The van der Waals surface area contributed by atoms with Crippen molar-refractivity contribution in [2.45, 2.75) is 31.7 Å². The predicted octanol–water partition coefficient (Wildman–Crippen LogP) is 4.46. The van der Waals surface area contributed by atoms with Crippen LogP contribution in [-0.4, -0.2) is 57.3 Å². The molecule has 0 saturated heterocycles. The Morgan fingerprint density at radius 3 is 2.86 bits per heavy atom. The number of aryl methyl sites for hydroxylation is 1. The summed E-state index contributed by atoms with van der Waals surface area (Å²) in [6.45, 7) is 1.90. The molecule has 10 nitrogen and oxygen atoms in total. The fourth-order valence-corrected chi connectivity index (χ4v) is 5.75. The van der Waals surface area contributed by atoms with Gasteiger partial charge in [0.05, 0.1) is 19.0 Å². The van der Waals surface area contributed by atoms with Crippen LogP contribution < -0.4 is 15.4 Å². The van der Waals surface area contributed by atoms with Crippen molar-refractivity contribution in [3.63, 3.8) is 0 Å². The van der Waals surface area contributed by atoms with Crippen molar-refractivity contribution >= 4 is 38.8 Å². The lowest BCUT2D eigenvalue weighted by molar-refractivity contribution is 0.259. The van der Waals surface area contributed by atoms with Crippen LogP contribution in [0.15, 0.2) is 34.8 Å². The van der Waals surface area contributed by atoms with Crippen molar-refractivity contribution in [3.8, 4) is 11.8 Å². The lowest BCUT2D eigenvalue weighted by atomic mass is 9.77. The zero-order valence-electron chi connectivity index (χ0n) is 21.4. The molecule has 11 heteroatoms. The molecule has 0 amide bonds. The van der Waals surface area contributed by atoms with E-state index in [0.29, 0.717) is 29.3 Å². The summed E-state index contributed by atoms with van der Waals surface area (Å²) in [6.07, 6.45) is 7.97. The predicted molar refractivity (Wildman–Crippen MR) is 145 cm³/mol. The number of nitrogens with one attached hydrogen (secondary N) is 2. The van der Waals surface area contributed by atoms with Gasteiger partial charge in [-0.3, -0.25) is 0 Å². The van der Waals surface area contributed by atoms with Gasteiger partial charge in [-0.2, -0.15) is 14.6 Å². The van der Waals surface area contributed by atoms with Gasteiger partial charge in [-0.25, -0.2) is 14.2 Å². The summed E-state index contributed by atoms with van der Waals surface area (Å²) in [4.78, 5) is 15.7. The van der Waals surface area contributed by atoms with Crippen LogP contribution in [0.5, 0.6) is 5.75 Å². The van der Waals surface area contributed by atoms with Gasteiger partial charge in [0.25, 0.3) is 0 Å². The van der Waals surface area contributed by atoms with E-state index >= 15 is 0 Å². The number of benzene rings is 1. The van der Waals surface area contributed by atoms with E-state index in [1.807, 2.05) is 0 Å². The molecule has 2 aliphatic rings. The smallest absolute Gasteiger partial charge is 0.229 e. The van der Waals surface area contributed by atoms with Gasteiger partial charge in [-0.1, -0.05) is 6.07 Å². The third kappa shape index (κ3) is 5.35. The Kier molecular flexibility index (Phi) is 6.70. The van der Waals surface area contributed by atoms with Gasteiger partial charge in [-0.15, -0.1) is 0 Å². The highest BCUT2D eigenvalue weighted by Crippen LogP contribution is 2.46. The molecule has 0 bridgehead atoms. The van der Waals surface area contributed by atoms with E-state index < -0.39 is 9.73 Å². The largest absolute Gasteiger partial charge is 0.494 e. The third-order valence-corrected chi connectivity index (χ3v) is 7.16. The Labute approximate surface area is 217 Å². The Morgan fingerprint density at radius 2 is 2.11 bits per heavy atom. The number of hydrogen-bond acceptors (Lipinski definition) is 10. The van der Waals surface area contributed by atoms with Crippen molar-refractivity contribution in [1.82, 2.24) is 19.9 Å². The van der Waals surface area contributed by atoms with Crippen molar-refractivity contribution in [3.05, 3.63) is 52.7 Å². The van der Waals surface area contributed by atoms with E-state index in [4.69, 9.17) is 4.74 Å². The van der Waals surface area contributed by atoms with Gasteiger partial charge in [0, 0.05) is 40.9 Å². The van der Waals surface area contributed by atoms with E-state index in [0.717, 1.165) is 30.9 Å². The summed E-state index contributed by atoms with van der Waals surface area (Å²) in [5, 5.41) is 16.0. The van der Waals surface area contributed by atoms with Crippen LogP contribution >= 0.6 is 0 Å².